The van der Waals surface area contributed by atoms with Crippen LogP contribution in [-0.2, 0) is 0 Å². The molecule has 0 aliphatic carbocycles. The lowest BCUT2D eigenvalue weighted by Crippen LogP contribution is -2.18. The molecule has 0 saturated carbocycles. The Kier molecular flexibility index (Phi) is 2.70. The van der Waals surface area contributed by atoms with Crippen LogP contribution in [0.1, 0.15) is 0 Å². The third-order valence-corrected chi connectivity index (χ3v) is 2.72. The molecule has 0 saturated heterocycles. The quantitative estimate of drug-likeness (QED) is 0.480. The van der Waals surface area contributed by atoms with Crippen molar-refractivity contribution < 1.29 is 0 Å². The summed E-state index contributed by atoms with van der Waals surface area (Å²) in [5, 5.41) is 1.05. The van der Waals surface area contributed by atoms with Gasteiger partial charge in [-0.1, -0.05) is 54.0 Å². The second kappa shape index (κ2) is 3.98. The maximum absolute atomic E-state index is 5.84. The molecule has 0 amide bonds. The maximum atomic E-state index is 5.84. The molecule has 2 heteroatoms. The average Bonchev–Trinajstić information content (AvgIpc) is 2.23. The number of hydrogen-bond acceptors (Lipinski definition) is 0. The molecule has 0 aliphatic rings. The second-order valence-corrected chi connectivity index (χ2v) is 3.83. The molecule has 0 heterocycles. The van der Waals surface area contributed by atoms with Gasteiger partial charge in [0.25, 0.3) is 0 Å². The zero-order valence-corrected chi connectivity index (χ0v) is 8.93. The van der Waals surface area contributed by atoms with Crippen molar-refractivity contribution in [2.45, 2.75) is 0 Å². The predicted molar refractivity (Wildman–Crippen MR) is 66.6 cm³/mol. The van der Waals surface area contributed by atoms with Gasteiger partial charge < -0.3 is 0 Å². The molecular weight excluding hydrogens is 186 g/mol. The van der Waals surface area contributed by atoms with Crippen LogP contribution >= 0.6 is 9.24 Å². The summed E-state index contributed by atoms with van der Waals surface area (Å²) in [6, 6.07) is 16.3. The van der Waals surface area contributed by atoms with E-state index in [2.05, 4.69) is 27.4 Å². The van der Waals surface area contributed by atoms with Crippen LogP contribution in [0.4, 0.5) is 0 Å². The van der Waals surface area contributed by atoms with Gasteiger partial charge in [0.2, 0.25) is 0 Å². The van der Waals surface area contributed by atoms with Gasteiger partial charge in [0, 0.05) is 0 Å². The summed E-state index contributed by atoms with van der Waals surface area (Å²) in [5.74, 6) is 0. The van der Waals surface area contributed by atoms with Gasteiger partial charge in [-0.05, 0) is 16.4 Å². The molecular formula is C12H10BP. The minimum Gasteiger partial charge on any atom is -0.106 e. The summed E-state index contributed by atoms with van der Waals surface area (Å²) in [6.07, 6.45) is 0. The molecule has 2 rings (SSSR count). The summed E-state index contributed by atoms with van der Waals surface area (Å²) >= 11 is 0. The number of hydrogen-bond donors (Lipinski definition) is 0. The second-order valence-electron chi connectivity index (χ2n) is 3.21. The van der Waals surface area contributed by atoms with E-state index in [9.17, 15) is 0 Å². The molecule has 1 unspecified atom stereocenters. The Labute approximate surface area is 88.0 Å². The highest BCUT2D eigenvalue weighted by Gasteiger charge is 1.97. The molecule has 0 nitrogen and oxygen atoms in total. The van der Waals surface area contributed by atoms with Gasteiger partial charge in [0.1, 0.15) is 7.85 Å². The molecule has 2 radical (unpaired) electrons. The highest BCUT2D eigenvalue weighted by molar-refractivity contribution is 7.28. The van der Waals surface area contributed by atoms with E-state index in [0.717, 1.165) is 16.3 Å². The Hall–Kier alpha value is -1.07. The Morgan fingerprint density at radius 2 is 1.57 bits per heavy atom. The van der Waals surface area contributed by atoms with Crippen LogP contribution in [0.2, 0.25) is 0 Å². The Morgan fingerprint density at radius 1 is 0.857 bits per heavy atom. The van der Waals surface area contributed by atoms with Gasteiger partial charge in [-0.3, -0.25) is 0 Å². The molecule has 1 atom stereocenters. The normalized spacial score (nSPS) is 10.1. The molecule has 0 bridgehead atoms. The van der Waals surface area contributed by atoms with Crippen molar-refractivity contribution in [2.75, 3.05) is 0 Å². The first kappa shape index (κ1) is 9.49. The molecule has 0 aliphatic heterocycles. The van der Waals surface area contributed by atoms with Gasteiger partial charge >= 0.3 is 0 Å². The lowest BCUT2D eigenvalue weighted by atomic mass is 9.92. The minimum absolute atomic E-state index is 0.816. The van der Waals surface area contributed by atoms with E-state index in [1.807, 2.05) is 30.3 Å². The zero-order valence-electron chi connectivity index (χ0n) is 7.77. The summed E-state index contributed by atoms with van der Waals surface area (Å²) in [6.45, 7) is 0. The van der Waals surface area contributed by atoms with E-state index in [1.54, 1.807) is 0 Å². The molecule has 0 spiro atoms. The van der Waals surface area contributed by atoms with Gasteiger partial charge in [-0.2, -0.15) is 0 Å². The van der Waals surface area contributed by atoms with Crippen LogP contribution in [0, 0.1) is 0 Å². The van der Waals surface area contributed by atoms with Crippen LogP contribution in [0.5, 0.6) is 0 Å². The van der Waals surface area contributed by atoms with E-state index in [0.29, 0.717) is 0 Å². The van der Waals surface area contributed by atoms with Crippen molar-refractivity contribution in [3.8, 4) is 11.1 Å². The highest BCUT2D eigenvalue weighted by atomic mass is 31.0. The van der Waals surface area contributed by atoms with E-state index in [-0.39, 0.29) is 0 Å². The Morgan fingerprint density at radius 3 is 2.21 bits per heavy atom. The number of rotatable bonds is 1. The van der Waals surface area contributed by atoms with Crippen LogP contribution in [0.25, 0.3) is 11.1 Å². The van der Waals surface area contributed by atoms with Gasteiger partial charge in [-0.25, -0.2) is 0 Å². The molecule has 2 aromatic rings. The fourth-order valence-electron chi connectivity index (χ4n) is 1.38. The lowest BCUT2D eigenvalue weighted by molar-refractivity contribution is 1.65. The van der Waals surface area contributed by atoms with Crippen LogP contribution in [-0.4, -0.2) is 7.85 Å². The van der Waals surface area contributed by atoms with Crippen molar-refractivity contribution in [1.82, 2.24) is 0 Å². The van der Waals surface area contributed by atoms with Gasteiger partial charge in [-0.15, -0.1) is 9.24 Å². The van der Waals surface area contributed by atoms with Crippen LogP contribution in [0.15, 0.2) is 48.5 Å². The van der Waals surface area contributed by atoms with Gasteiger partial charge in [0.05, 0.1) is 0 Å². The molecule has 66 valence electrons. The van der Waals surface area contributed by atoms with E-state index < -0.39 is 0 Å². The van der Waals surface area contributed by atoms with Crippen LogP contribution < -0.4 is 10.8 Å². The Balaban J connectivity index is 2.48. The van der Waals surface area contributed by atoms with Crippen molar-refractivity contribution in [3.63, 3.8) is 0 Å². The summed E-state index contributed by atoms with van der Waals surface area (Å²) < 4.78 is 0. The SMILES string of the molecule is [B]c1cc(-c2ccccc2)ccc1P. The maximum Gasteiger partial charge on any atom is 0.114 e. The zero-order chi connectivity index (χ0) is 9.97. The molecule has 0 N–H and O–H groups in total. The largest absolute Gasteiger partial charge is 0.114 e. The predicted octanol–water partition coefficient (Wildman–Crippen LogP) is 1.65. The third kappa shape index (κ3) is 1.88. The van der Waals surface area contributed by atoms with Crippen molar-refractivity contribution in [2.24, 2.45) is 0 Å². The minimum atomic E-state index is 0.816. The first-order chi connectivity index (χ1) is 6.77. The molecule has 0 aromatic heterocycles. The summed E-state index contributed by atoms with van der Waals surface area (Å²) in [7, 11) is 8.46. The van der Waals surface area contributed by atoms with E-state index in [4.69, 9.17) is 7.85 Å². The van der Waals surface area contributed by atoms with E-state index in [1.165, 1.54) is 5.56 Å². The first-order valence-corrected chi connectivity index (χ1v) is 5.05. The smallest absolute Gasteiger partial charge is 0.106 e. The molecule has 14 heavy (non-hydrogen) atoms. The van der Waals surface area contributed by atoms with Crippen molar-refractivity contribution in [1.29, 1.82) is 0 Å². The Bertz CT molecular complexity index is 437. The lowest BCUT2D eigenvalue weighted by Gasteiger charge is -2.05. The highest BCUT2D eigenvalue weighted by Crippen LogP contribution is 2.16. The third-order valence-electron chi connectivity index (χ3n) is 2.19. The summed E-state index contributed by atoms with van der Waals surface area (Å²) in [4.78, 5) is 0. The van der Waals surface area contributed by atoms with E-state index >= 15 is 0 Å². The number of benzene rings is 2. The van der Waals surface area contributed by atoms with Gasteiger partial charge in [0.15, 0.2) is 0 Å². The topological polar surface area (TPSA) is 0 Å². The first-order valence-electron chi connectivity index (χ1n) is 4.48. The monoisotopic (exact) mass is 196 g/mol. The molecule has 0 fully saturated rings. The average molecular weight is 196 g/mol. The van der Waals surface area contributed by atoms with Crippen molar-refractivity contribution in [3.05, 3.63) is 48.5 Å². The fourth-order valence-corrected chi connectivity index (χ4v) is 1.56. The standard InChI is InChI=1S/C12H10BP/c13-11-8-10(6-7-12(11)14)9-4-2-1-3-5-9/h1-8H,14H2. The van der Waals surface area contributed by atoms with Crippen molar-refractivity contribution >= 4 is 27.9 Å². The van der Waals surface area contributed by atoms with Crippen LogP contribution in [0.3, 0.4) is 0 Å². The summed E-state index contributed by atoms with van der Waals surface area (Å²) in [5.41, 5.74) is 3.18. The molecule has 2 aromatic carbocycles. The fraction of sp³-hybridized carbons (Fsp3) is 0.